The van der Waals surface area contributed by atoms with Crippen molar-refractivity contribution in [3.8, 4) is 11.1 Å². The van der Waals surface area contributed by atoms with Crippen LogP contribution < -0.4 is 5.11 Å². The Balaban J connectivity index is 2.26. The number of nitro groups is 1. The number of benzene rings is 2. The normalized spacial score (nSPS) is 11.2. The number of nitrogens with zero attached hydrogens (tertiary/aromatic N) is 1. The maximum Gasteiger partial charge on any atom is 0.269 e. The molecule has 0 atom stereocenters. The zero-order chi connectivity index (χ0) is 15.4. The van der Waals surface area contributed by atoms with E-state index in [9.17, 15) is 20.0 Å². The standard InChI is InChI=1S/C16H13NO4/c1-11(18)10-16(19)14-4-2-12(3-5-14)13-6-8-15(9-7-13)17(20)21/h2-10,19H,1H3/p-1/b16-10-. The van der Waals surface area contributed by atoms with Crippen LogP contribution in [0.1, 0.15) is 12.5 Å². The number of nitro benzene ring substituents is 1. The Morgan fingerprint density at radius 3 is 1.90 bits per heavy atom. The molecule has 0 aromatic heterocycles. The summed E-state index contributed by atoms with van der Waals surface area (Å²) in [6.45, 7) is 1.32. The molecule has 5 heteroatoms. The summed E-state index contributed by atoms with van der Waals surface area (Å²) in [7, 11) is 0. The van der Waals surface area contributed by atoms with E-state index in [0.717, 1.165) is 17.2 Å². The van der Waals surface area contributed by atoms with Crippen molar-refractivity contribution in [2.45, 2.75) is 6.92 Å². The van der Waals surface area contributed by atoms with Gasteiger partial charge >= 0.3 is 0 Å². The molecular formula is C16H12NO4-. The minimum absolute atomic E-state index is 0.0293. The van der Waals surface area contributed by atoms with E-state index < -0.39 is 4.92 Å². The molecule has 0 saturated carbocycles. The van der Waals surface area contributed by atoms with Crippen LogP contribution in [0.15, 0.2) is 54.6 Å². The van der Waals surface area contributed by atoms with E-state index in [-0.39, 0.29) is 17.2 Å². The third kappa shape index (κ3) is 3.54. The summed E-state index contributed by atoms with van der Waals surface area (Å²) in [6, 6.07) is 12.9. The van der Waals surface area contributed by atoms with Crippen LogP contribution in [0.4, 0.5) is 5.69 Å². The molecule has 0 unspecified atom stereocenters. The minimum Gasteiger partial charge on any atom is -0.872 e. The summed E-state index contributed by atoms with van der Waals surface area (Å²) in [5.41, 5.74) is 2.11. The number of ketones is 1. The van der Waals surface area contributed by atoms with Crippen molar-refractivity contribution < 1.29 is 14.8 Å². The molecule has 0 aliphatic heterocycles. The van der Waals surface area contributed by atoms with Crippen LogP contribution in [0, 0.1) is 10.1 Å². The van der Waals surface area contributed by atoms with Crippen LogP contribution in [0.25, 0.3) is 16.9 Å². The summed E-state index contributed by atoms with van der Waals surface area (Å²) in [6.07, 6.45) is 1.04. The van der Waals surface area contributed by atoms with E-state index >= 15 is 0 Å². The van der Waals surface area contributed by atoms with Gasteiger partial charge in [-0.15, -0.1) is 0 Å². The number of hydrogen-bond donors (Lipinski definition) is 0. The van der Waals surface area contributed by atoms with Crippen molar-refractivity contribution in [3.63, 3.8) is 0 Å². The molecule has 2 rings (SSSR count). The number of allylic oxidation sites excluding steroid dienone is 1. The first-order chi connectivity index (χ1) is 9.97. The predicted molar refractivity (Wildman–Crippen MR) is 77.2 cm³/mol. The van der Waals surface area contributed by atoms with Crippen molar-refractivity contribution in [2.75, 3.05) is 0 Å². The highest BCUT2D eigenvalue weighted by atomic mass is 16.6. The Morgan fingerprint density at radius 2 is 1.48 bits per heavy atom. The fourth-order valence-corrected chi connectivity index (χ4v) is 1.87. The van der Waals surface area contributed by atoms with Crippen molar-refractivity contribution in [2.24, 2.45) is 0 Å². The van der Waals surface area contributed by atoms with Gasteiger partial charge in [0.25, 0.3) is 5.69 Å². The molecule has 0 bridgehead atoms. The molecule has 2 aromatic rings. The van der Waals surface area contributed by atoms with E-state index in [4.69, 9.17) is 0 Å². The molecule has 106 valence electrons. The van der Waals surface area contributed by atoms with Gasteiger partial charge < -0.3 is 5.11 Å². The summed E-state index contributed by atoms with van der Waals surface area (Å²) < 4.78 is 0. The average Bonchev–Trinajstić information content (AvgIpc) is 2.47. The number of carbonyl (C=O) groups excluding carboxylic acids is 1. The van der Waals surface area contributed by atoms with Gasteiger partial charge in [0, 0.05) is 12.1 Å². The summed E-state index contributed by atoms with van der Waals surface area (Å²) in [5.74, 6) is -0.628. The second kappa shape index (κ2) is 6.00. The molecule has 0 aliphatic rings. The van der Waals surface area contributed by atoms with Gasteiger partial charge in [0.2, 0.25) is 0 Å². The molecule has 2 aromatic carbocycles. The van der Waals surface area contributed by atoms with Gasteiger partial charge in [-0.05, 0) is 41.8 Å². The largest absolute Gasteiger partial charge is 0.872 e. The highest BCUT2D eigenvalue weighted by Gasteiger charge is 2.05. The lowest BCUT2D eigenvalue weighted by molar-refractivity contribution is -0.384. The molecule has 0 heterocycles. The highest BCUT2D eigenvalue weighted by Crippen LogP contribution is 2.23. The molecular weight excluding hydrogens is 270 g/mol. The Bertz CT molecular complexity index is 700. The first kappa shape index (κ1) is 14.5. The first-order valence-electron chi connectivity index (χ1n) is 6.22. The number of hydrogen-bond acceptors (Lipinski definition) is 4. The Hall–Kier alpha value is -2.95. The molecule has 0 radical (unpaired) electrons. The number of non-ortho nitro benzene ring substituents is 1. The van der Waals surface area contributed by atoms with Crippen molar-refractivity contribution in [3.05, 3.63) is 70.3 Å². The quantitative estimate of drug-likeness (QED) is 0.373. The van der Waals surface area contributed by atoms with E-state index in [0.29, 0.717) is 5.56 Å². The van der Waals surface area contributed by atoms with Crippen LogP contribution >= 0.6 is 0 Å². The van der Waals surface area contributed by atoms with Gasteiger partial charge in [0.1, 0.15) is 0 Å². The van der Waals surface area contributed by atoms with Gasteiger partial charge in [-0.25, -0.2) is 0 Å². The van der Waals surface area contributed by atoms with Crippen LogP contribution in [-0.4, -0.2) is 10.7 Å². The Kier molecular flexibility index (Phi) is 4.13. The maximum atomic E-state index is 11.7. The minimum atomic E-state index is -0.455. The monoisotopic (exact) mass is 282 g/mol. The topological polar surface area (TPSA) is 83.3 Å². The molecule has 0 spiro atoms. The number of rotatable bonds is 4. The van der Waals surface area contributed by atoms with Crippen LogP contribution in [0.5, 0.6) is 0 Å². The predicted octanol–water partition coefficient (Wildman–Crippen LogP) is 2.55. The van der Waals surface area contributed by atoms with Crippen molar-refractivity contribution in [1.82, 2.24) is 0 Å². The van der Waals surface area contributed by atoms with E-state index in [2.05, 4.69) is 0 Å². The average molecular weight is 282 g/mol. The summed E-state index contributed by atoms with van der Waals surface area (Å²) >= 11 is 0. The molecule has 0 aliphatic carbocycles. The van der Waals surface area contributed by atoms with Crippen molar-refractivity contribution in [1.29, 1.82) is 0 Å². The van der Waals surface area contributed by atoms with Crippen LogP contribution in [0.3, 0.4) is 0 Å². The number of carbonyl (C=O) groups is 1. The Morgan fingerprint density at radius 1 is 1.00 bits per heavy atom. The van der Waals surface area contributed by atoms with Gasteiger partial charge in [0.05, 0.1) is 4.92 Å². The third-order valence-corrected chi connectivity index (χ3v) is 2.92. The van der Waals surface area contributed by atoms with E-state index in [1.54, 1.807) is 36.4 Å². The lowest BCUT2D eigenvalue weighted by Gasteiger charge is -2.12. The van der Waals surface area contributed by atoms with Crippen LogP contribution in [-0.2, 0) is 4.79 Å². The molecule has 5 nitrogen and oxygen atoms in total. The molecule has 0 N–H and O–H groups in total. The summed E-state index contributed by atoms with van der Waals surface area (Å²) in [5, 5.41) is 22.3. The van der Waals surface area contributed by atoms with Crippen LogP contribution in [0.2, 0.25) is 0 Å². The zero-order valence-corrected chi connectivity index (χ0v) is 11.3. The van der Waals surface area contributed by atoms with E-state index in [1.807, 2.05) is 0 Å². The molecule has 0 saturated heterocycles. The van der Waals surface area contributed by atoms with E-state index in [1.165, 1.54) is 19.1 Å². The second-order valence-electron chi connectivity index (χ2n) is 4.50. The molecule has 21 heavy (non-hydrogen) atoms. The lowest BCUT2D eigenvalue weighted by Crippen LogP contribution is -2.04. The maximum absolute atomic E-state index is 11.7. The second-order valence-corrected chi connectivity index (χ2v) is 4.50. The third-order valence-electron chi connectivity index (χ3n) is 2.92. The fourth-order valence-electron chi connectivity index (χ4n) is 1.87. The van der Waals surface area contributed by atoms with Gasteiger partial charge in [-0.3, -0.25) is 14.9 Å². The Labute approximate surface area is 121 Å². The van der Waals surface area contributed by atoms with Gasteiger partial charge in [-0.1, -0.05) is 30.0 Å². The fraction of sp³-hybridized carbons (Fsp3) is 0.0625. The first-order valence-corrected chi connectivity index (χ1v) is 6.22. The van der Waals surface area contributed by atoms with Crippen molar-refractivity contribution >= 4 is 17.2 Å². The smallest absolute Gasteiger partial charge is 0.269 e. The SMILES string of the molecule is CC(=O)/C=C(\[O-])c1ccc(-c2ccc([N+](=O)[O-])cc2)cc1. The lowest BCUT2D eigenvalue weighted by atomic mass is 10.0. The van der Waals surface area contributed by atoms with Gasteiger partial charge in [0.15, 0.2) is 5.78 Å². The summed E-state index contributed by atoms with van der Waals surface area (Å²) in [4.78, 5) is 21.0. The van der Waals surface area contributed by atoms with Gasteiger partial charge in [-0.2, -0.15) is 0 Å². The molecule has 0 amide bonds. The zero-order valence-electron chi connectivity index (χ0n) is 11.3. The molecule has 0 fully saturated rings. The highest BCUT2D eigenvalue weighted by molar-refractivity contribution is 5.93.